The van der Waals surface area contributed by atoms with Crippen LogP contribution in [0.1, 0.15) is 52.9 Å². The maximum Gasteiger partial charge on any atom is 0.138 e. The molecule has 0 bridgehead atoms. The summed E-state index contributed by atoms with van der Waals surface area (Å²) < 4.78 is 1.82. The largest absolute Gasteiger partial charge is 0.388 e. The van der Waals surface area contributed by atoms with Crippen LogP contribution in [-0.2, 0) is 0 Å². The molecule has 1 N–H and O–H groups in total. The first kappa shape index (κ1) is 14.3. The highest BCUT2D eigenvalue weighted by molar-refractivity contribution is 5.47. The van der Waals surface area contributed by atoms with Gasteiger partial charge < -0.3 is 5.11 Å². The molecule has 0 aliphatic heterocycles. The summed E-state index contributed by atoms with van der Waals surface area (Å²) >= 11 is 0. The van der Waals surface area contributed by atoms with Crippen molar-refractivity contribution in [2.45, 2.75) is 59.0 Å². The highest BCUT2D eigenvalue weighted by Crippen LogP contribution is 2.33. The summed E-state index contributed by atoms with van der Waals surface area (Å²) in [6.07, 6.45) is 11.0. The van der Waals surface area contributed by atoms with Crippen LogP contribution >= 0.6 is 0 Å². The second-order valence-electron chi connectivity index (χ2n) is 6.58. The van der Waals surface area contributed by atoms with Gasteiger partial charge in [0.15, 0.2) is 0 Å². The van der Waals surface area contributed by atoms with Crippen LogP contribution in [0, 0.1) is 11.3 Å². The molecule has 1 unspecified atom stereocenters. The van der Waals surface area contributed by atoms with E-state index in [4.69, 9.17) is 0 Å². The highest BCUT2D eigenvalue weighted by atomic mass is 16.3. The van der Waals surface area contributed by atoms with Crippen LogP contribution < -0.4 is 0 Å². The fourth-order valence-corrected chi connectivity index (χ4v) is 2.55. The Morgan fingerprint density at radius 3 is 2.53 bits per heavy atom. The Hall–Kier alpha value is -1.16. The van der Waals surface area contributed by atoms with Crippen LogP contribution in [0.3, 0.4) is 0 Å². The fourth-order valence-electron chi connectivity index (χ4n) is 2.55. The smallest absolute Gasteiger partial charge is 0.138 e. The molecule has 19 heavy (non-hydrogen) atoms. The summed E-state index contributed by atoms with van der Waals surface area (Å²) in [5.41, 5.74) is 0.958. The number of rotatable bonds is 3. The summed E-state index contributed by atoms with van der Waals surface area (Å²) in [6.45, 7) is 6.15. The predicted molar refractivity (Wildman–Crippen MR) is 76.3 cm³/mol. The number of aromatic nitrogens is 3. The average molecular weight is 263 g/mol. The van der Waals surface area contributed by atoms with E-state index in [1.54, 1.807) is 12.7 Å². The second-order valence-corrected chi connectivity index (χ2v) is 6.58. The summed E-state index contributed by atoms with van der Waals surface area (Å²) in [7, 11) is 0. The zero-order valence-electron chi connectivity index (χ0n) is 12.2. The van der Waals surface area contributed by atoms with Crippen molar-refractivity contribution in [3.63, 3.8) is 0 Å². The van der Waals surface area contributed by atoms with Crippen molar-refractivity contribution in [3.8, 4) is 0 Å². The van der Waals surface area contributed by atoms with Crippen LogP contribution in [0.2, 0.25) is 0 Å². The van der Waals surface area contributed by atoms with Crippen molar-refractivity contribution in [3.05, 3.63) is 18.7 Å². The van der Waals surface area contributed by atoms with Crippen molar-refractivity contribution in [1.29, 1.82) is 0 Å². The highest BCUT2D eigenvalue weighted by Gasteiger charge is 2.25. The van der Waals surface area contributed by atoms with E-state index in [9.17, 15) is 5.11 Å². The van der Waals surface area contributed by atoms with Crippen molar-refractivity contribution in [1.82, 2.24) is 14.8 Å². The standard InChI is InChI=1S/C15H25N3O/c1-15(2,3)14(19)9-13(18-11-16-10-17-18)12-7-5-4-6-8-12/h9-12,14,19H,4-8H2,1-3H3/b13-9-. The zero-order chi connectivity index (χ0) is 13.9. The van der Waals surface area contributed by atoms with Gasteiger partial charge in [-0.2, -0.15) is 5.10 Å². The molecule has 4 nitrogen and oxygen atoms in total. The molecule has 0 aromatic carbocycles. The minimum absolute atomic E-state index is 0.152. The minimum atomic E-state index is -0.464. The lowest BCUT2D eigenvalue weighted by Gasteiger charge is -2.28. The topological polar surface area (TPSA) is 50.9 Å². The van der Waals surface area contributed by atoms with Gasteiger partial charge in [0.1, 0.15) is 12.7 Å². The minimum Gasteiger partial charge on any atom is -0.388 e. The van der Waals surface area contributed by atoms with Crippen molar-refractivity contribution in [2.24, 2.45) is 11.3 Å². The normalized spacial score (nSPS) is 20.5. The number of aliphatic hydroxyl groups excluding tert-OH is 1. The summed E-state index contributed by atoms with van der Waals surface area (Å²) in [5.74, 6) is 0.493. The van der Waals surface area contributed by atoms with Gasteiger partial charge in [-0.25, -0.2) is 9.67 Å². The quantitative estimate of drug-likeness (QED) is 0.911. The molecular weight excluding hydrogens is 238 g/mol. The van der Waals surface area contributed by atoms with E-state index in [1.165, 1.54) is 32.1 Å². The van der Waals surface area contributed by atoms with Crippen molar-refractivity contribution < 1.29 is 5.11 Å². The molecular formula is C15H25N3O. The molecule has 106 valence electrons. The lowest BCUT2D eigenvalue weighted by Crippen LogP contribution is -2.26. The lowest BCUT2D eigenvalue weighted by atomic mass is 9.83. The Bertz CT molecular complexity index is 411. The van der Waals surface area contributed by atoms with Gasteiger partial charge in [-0.05, 0) is 24.3 Å². The summed E-state index contributed by atoms with van der Waals surface area (Å²) in [4.78, 5) is 4.04. The van der Waals surface area contributed by atoms with Crippen LogP contribution in [0.15, 0.2) is 18.7 Å². The third-order valence-electron chi connectivity index (χ3n) is 3.92. The van der Waals surface area contributed by atoms with Gasteiger partial charge in [0.05, 0.1) is 6.10 Å². The zero-order valence-corrected chi connectivity index (χ0v) is 12.2. The molecule has 1 heterocycles. The van der Waals surface area contributed by atoms with Crippen molar-refractivity contribution >= 4 is 5.70 Å². The maximum atomic E-state index is 10.3. The second kappa shape index (κ2) is 5.87. The molecule has 0 saturated heterocycles. The third-order valence-corrected chi connectivity index (χ3v) is 3.92. The molecule has 1 aliphatic carbocycles. The van der Waals surface area contributed by atoms with E-state index < -0.39 is 6.10 Å². The van der Waals surface area contributed by atoms with E-state index in [2.05, 4.69) is 10.1 Å². The lowest BCUT2D eigenvalue weighted by molar-refractivity contribution is 0.105. The predicted octanol–water partition coefficient (Wildman–Crippen LogP) is 3.11. The van der Waals surface area contributed by atoms with Gasteiger partial charge in [0.2, 0.25) is 0 Å². The summed E-state index contributed by atoms with van der Waals surface area (Å²) in [5, 5.41) is 14.6. The van der Waals surface area contributed by atoms with Gasteiger partial charge in [0.25, 0.3) is 0 Å². The Labute approximate surface area is 115 Å². The van der Waals surface area contributed by atoms with E-state index >= 15 is 0 Å². The fraction of sp³-hybridized carbons (Fsp3) is 0.733. The molecule has 0 spiro atoms. The van der Waals surface area contributed by atoms with Gasteiger partial charge >= 0.3 is 0 Å². The third kappa shape index (κ3) is 3.66. The Morgan fingerprint density at radius 2 is 2.00 bits per heavy atom. The van der Waals surface area contributed by atoms with Gasteiger partial charge in [0, 0.05) is 11.6 Å². The first-order chi connectivity index (χ1) is 8.98. The van der Waals surface area contributed by atoms with Gasteiger partial charge in [-0.1, -0.05) is 40.0 Å². The van der Waals surface area contributed by atoms with Crippen LogP contribution in [-0.4, -0.2) is 26.0 Å². The van der Waals surface area contributed by atoms with Crippen LogP contribution in [0.5, 0.6) is 0 Å². The Balaban J connectivity index is 2.26. The van der Waals surface area contributed by atoms with E-state index in [-0.39, 0.29) is 5.41 Å². The number of allylic oxidation sites excluding steroid dienone is 1. The number of nitrogens with zero attached hydrogens (tertiary/aromatic N) is 3. The number of hydrogen-bond donors (Lipinski definition) is 1. The summed E-state index contributed by atoms with van der Waals surface area (Å²) in [6, 6.07) is 0. The van der Waals surface area contributed by atoms with E-state index in [0.29, 0.717) is 5.92 Å². The molecule has 2 rings (SSSR count). The Morgan fingerprint density at radius 1 is 1.32 bits per heavy atom. The number of hydrogen-bond acceptors (Lipinski definition) is 3. The Kier molecular flexibility index (Phi) is 4.40. The molecule has 1 atom stereocenters. The van der Waals surface area contributed by atoms with Crippen molar-refractivity contribution in [2.75, 3.05) is 0 Å². The monoisotopic (exact) mass is 263 g/mol. The van der Waals surface area contributed by atoms with E-state index in [0.717, 1.165) is 5.70 Å². The first-order valence-electron chi connectivity index (χ1n) is 7.23. The molecule has 1 fully saturated rings. The molecule has 1 aromatic rings. The SMILES string of the molecule is CC(C)(C)C(O)/C=C(/C1CCCCC1)n1cncn1. The molecule has 0 amide bonds. The van der Waals surface area contributed by atoms with E-state index in [1.807, 2.05) is 31.5 Å². The van der Waals surface area contributed by atoms with Crippen LogP contribution in [0.25, 0.3) is 5.70 Å². The average Bonchev–Trinajstić information content (AvgIpc) is 2.89. The molecule has 4 heteroatoms. The maximum absolute atomic E-state index is 10.3. The van der Waals surface area contributed by atoms with Gasteiger partial charge in [-0.15, -0.1) is 0 Å². The first-order valence-corrected chi connectivity index (χ1v) is 7.23. The van der Waals surface area contributed by atoms with Crippen LogP contribution in [0.4, 0.5) is 0 Å². The molecule has 0 radical (unpaired) electrons. The molecule has 1 saturated carbocycles. The number of aliphatic hydroxyl groups is 1. The van der Waals surface area contributed by atoms with Gasteiger partial charge in [-0.3, -0.25) is 0 Å². The molecule has 1 aliphatic rings. The molecule has 1 aromatic heterocycles.